The van der Waals surface area contributed by atoms with Crippen LogP contribution >= 0.6 is 0 Å². The predicted octanol–water partition coefficient (Wildman–Crippen LogP) is 3.72. The molecule has 0 radical (unpaired) electrons. The van der Waals surface area contributed by atoms with Crippen LogP contribution in [0.1, 0.15) is 21.5 Å². The van der Waals surface area contributed by atoms with Gasteiger partial charge in [0.15, 0.2) is 11.8 Å². The lowest BCUT2D eigenvalue weighted by Crippen LogP contribution is -2.56. The number of fused-ring (bicyclic) bond motifs is 4. The van der Waals surface area contributed by atoms with E-state index in [4.69, 9.17) is 14.2 Å². The minimum absolute atomic E-state index is 0.0828. The number of methoxy groups -OCH3 is 2. The maximum Gasteiger partial charge on any atom is 0.355 e. The van der Waals surface area contributed by atoms with E-state index < -0.39 is 29.6 Å². The maximum absolute atomic E-state index is 14.1. The van der Waals surface area contributed by atoms with Crippen molar-refractivity contribution in [3.8, 4) is 0 Å². The molecule has 1 spiro atoms. The van der Waals surface area contributed by atoms with Crippen LogP contribution in [0.2, 0.25) is 0 Å². The summed E-state index contributed by atoms with van der Waals surface area (Å²) in [5.74, 6) is -2.04. The number of rotatable bonds is 2. The standard InChI is InChI=1S/C27H19NO6/c1-32-25(30)22-23(26(31)33-2)28-19-12-4-3-7-15(19)13-14-20(28)34-27(22)18-11-6-9-16-8-5-10-17(21(16)18)24(27)29/h3-14,20H,1-2H3. The van der Waals surface area contributed by atoms with Crippen LogP contribution in [0.3, 0.4) is 0 Å². The summed E-state index contributed by atoms with van der Waals surface area (Å²) in [6.07, 6.45) is 2.79. The fourth-order valence-corrected chi connectivity index (χ4v) is 5.26. The molecule has 1 aliphatic carbocycles. The van der Waals surface area contributed by atoms with Gasteiger partial charge in [0.05, 0.1) is 19.9 Å². The number of Topliss-reactive ketones (excluding diaryl/α,β-unsaturated/α-hetero) is 1. The molecule has 3 aromatic carbocycles. The zero-order chi connectivity index (χ0) is 23.6. The average molecular weight is 453 g/mol. The molecule has 0 amide bonds. The Kier molecular flexibility index (Phi) is 4.28. The van der Waals surface area contributed by atoms with E-state index in [9.17, 15) is 14.4 Å². The molecule has 7 nitrogen and oxygen atoms in total. The Balaban J connectivity index is 1.75. The van der Waals surface area contributed by atoms with Gasteiger partial charge in [-0.25, -0.2) is 9.59 Å². The van der Waals surface area contributed by atoms with Crippen LogP contribution in [0.25, 0.3) is 16.8 Å². The Morgan fingerprint density at radius 3 is 2.44 bits per heavy atom. The van der Waals surface area contributed by atoms with Gasteiger partial charge < -0.3 is 19.1 Å². The lowest BCUT2D eigenvalue weighted by atomic mass is 9.81. The first-order valence-corrected chi connectivity index (χ1v) is 10.8. The zero-order valence-electron chi connectivity index (χ0n) is 18.4. The first-order valence-electron chi connectivity index (χ1n) is 10.8. The van der Waals surface area contributed by atoms with Crippen molar-refractivity contribution >= 4 is 40.3 Å². The Labute approximate surface area is 194 Å². The van der Waals surface area contributed by atoms with E-state index in [1.165, 1.54) is 14.2 Å². The predicted molar refractivity (Wildman–Crippen MR) is 124 cm³/mol. The molecule has 6 rings (SSSR count). The topological polar surface area (TPSA) is 82.1 Å². The highest BCUT2D eigenvalue weighted by atomic mass is 16.6. The number of ketones is 1. The molecule has 34 heavy (non-hydrogen) atoms. The van der Waals surface area contributed by atoms with Crippen LogP contribution in [-0.2, 0) is 29.4 Å². The van der Waals surface area contributed by atoms with E-state index in [-0.39, 0.29) is 11.3 Å². The number of nitrogens with zero attached hydrogens (tertiary/aromatic N) is 1. The number of benzene rings is 3. The van der Waals surface area contributed by atoms with Crippen LogP contribution in [0.15, 0.2) is 78.0 Å². The minimum Gasteiger partial charge on any atom is -0.465 e. The van der Waals surface area contributed by atoms with Crippen molar-refractivity contribution in [1.82, 2.24) is 0 Å². The fraction of sp³-hybridized carbons (Fsp3) is 0.148. The molecule has 0 bridgehead atoms. The number of anilines is 1. The molecule has 3 aromatic rings. The van der Waals surface area contributed by atoms with E-state index in [1.54, 1.807) is 35.2 Å². The molecule has 0 N–H and O–H groups in total. The van der Waals surface area contributed by atoms with Gasteiger partial charge in [-0.1, -0.05) is 60.7 Å². The summed E-state index contributed by atoms with van der Waals surface area (Å²) in [5, 5.41) is 1.52. The molecule has 0 saturated carbocycles. The molecule has 3 aliphatic rings. The normalized spacial score (nSPS) is 22.1. The third kappa shape index (κ3) is 2.42. The molecule has 2 unspecified atom stereocenters. The third-order valence-corrected chi connectivity index (χ3v) is 6.64. The maximum atomic E-state index is 14.1. The van der Waals surface area contributed by atoms with E-state index >= 15 is 0 Å². The number of para-hydroxylation sites is 1. The van der Waals surface area contributed by atoms with Crippen molar-refractivity contribution in [3.63, 3.8) is 0 Å². The molecule has 2 heterocycles. The second kappa shape index (κ2) is 7.13. The summed E-state index contributed by atoms with van der Waals surface area (Å²) in [4.78, 5) is 42.4. The Bertz CT molecular complexity index is 1480. The largest absolute Gasteiger partial charge is 0.465 e. The second-order valence-electron chi connectivity index (χ2n) is 8.22. The van der Waals surface area contributed by atoms with E-state index in [0.717, 1.165) is 10.9 Å². The van der Waals surface area contributed by atoms with Crippen LogP contribution < -0.4 is 4.90 Å². The van der Waals surface area contributed by atoms with Gasteiger partial charge in [-0.05, 0) is 28.5 Å². The Morgan fingerprint density at radius 2 is 1.68 bits per heavy atom. The smallest absolute Gasteiger partial charge is 0.355 e. The van der Waals surface area contributed by atoms with Gasteiger partial charge in [0.1, 0.15) is 11.3 Å². The molecule has 2 aliphatic heterocycles. The molecule has 0 fully saturated rings. The van der Waals surface area contributed by atoms with Crippen molar-refractivity contribution in [1.29, 1.82) is 0 Å². The number of carbonyl (C=O) groups excluding carboxylic acids is 3. The summed E-state index contributed by atoms with van der Waals surface area (Å²) in [5.41, 5.74) is 0.251. The SMILES string of the molecule is COC(=O)C1=C(C(=O)OC)C2(OC3C=Cc4ccccc4N13)C(=O)c1cccc3cccc2c13. The molecular weight excluding hydrogens is 434 g/mol. The highest BCUT2D eigenvalue weighted by molar-refractivity contribution is 6.25. The highest BCUT2D eigenvalue weighted by Gasteiger charge is 2.61. The number of carbonyl (C=O) groups is 3. The monoisotopic (exact) mass is 453 g/mol. The van der Waals surface area contributed by atoms with Crippen molar-refractivity contribution in [3.05, 3.63) is 94.7 Å². The van der Waals surface area contributed by atoms with Crippen LogP contribution in [0.5, 0.6) is 0 Å². The second-order valence-corrected chi connectivity index (χ2v) is 8.22. The highest BCUT2D eigenvalue weighted by Crippen LogP contribution is 2.53. The van der Waals surface area contributed by atoms with Gasteiger partial charge in [-0.3, -0.25) is 4.79 Å². The summed E-state index contributed by atoms with van der Waals surface area (Å²) in [7, 11) is 2.44. The van der Waals surface area contributed by atoms with Gasteiger partial charge >= 0.3 is 11.9 Å². The average Bonchev–Trinajstić information content (AvgIpc) is 3.11. The van der Waals surface area contributed by atoms with Gasteiger partial charge in [-0.2, -0.15) is 0 Å². The lowest BCUT2D eigenvalue weighted by molar-refractivity contribution is -0.145. The minimum atomic E-state index is -1.86. The summed E-state index contributed by atoms with van der Waals surface area (Å²) in [6.45, 7) is 0. The number of esters is 2. The van der Waals surface area contributed by atoms with Crippen molar-refractivity contribution in [2.75, 3.05) is 19.1 Å². The Morgan fingerprint density at radius 1 is 0.941 bits per heavy atom. The summed E-state index contributed by atoms with van der Waals surface area (Å²) in [6, 6.07) is 18.2. The van der Waals surface area contributed by atoms with Crippen LogP contribution in [0, 0.1) is 0 Å². The molecule has 0 aromatic heterocycles. The molecule has 2 atom stereocenters. The number of hydrogen-bond acceptors (Lipinski definition) is 7. The van der Waals surface area contributed by atoms with E-state index in [1.807, 2.05) is 42.5 Å². The third-order valence-electron chi connectivity index (χ3n) is 6.64. The van der Waals surface area contributed by atoms with Gasteiger partial charge in [0, 0.05) is 11.1 Å². The van der Waals surface area contributed by atoms with Crippen molar-refractivity contribution < 1.29 is 28.6 Å². The van der Waals surface area contributed by atoms with Crippen molar-refractivity contribution in [2.24, 2.45) is 0 Å². The number of hydrogen-bond donors (Lipinski definition) is 0. The number of ether oxygens (including phenoxy) is 3. The zero-order valence-corrected chi connectivity index (χ0v) is 18.4. The van der Waals surface area contributed by atoms with E-state index in [0.29, 0.717) is 22.2 Å². The van der Waals surface area contributed by atoms with Crippen LogP contribution in [0.4, 0.5) is 5.69 Å². The quantitative estimate of drug-likeness (QED) is 0.547. The molecule has 168 valence electrons. The van der Waals surface area contributed by atoms with Gasteiger partial charge in [-0.15, -0.1) is 0 Å². The van der Waals surface area contributed by atoms with Gasteiger partial charge in [0.25, 0.3) is 0 Å². The van der Waals surface area contributed by atoms with Crippen LogP contribution in [-0.4, -0.2) is 38.2 Å². The van der Waals surface area contributed by atoms with Crippen molar-refractivity contribution in [2.45, 2.75) is 11.8 Å². The lowest BCUT2D eigenvalue weighted by Gasteiger charge is -2.46. The molecule has 0 saturated heterocycles. The summed E-state index contributed by atoms with van der Waals surface area (Å²) >= 11 is 0. The Hall–Kier alpha value is -4.23. The van der Waals surface area contributed by atoms with Gasteiger partial charge in [0.2, 0.25) is 5.78 Å². The first-order chi connectivity index (χ1) is 16.5. The first kappa shape index (κ1) is 20.4. The fourth-order valence-electron chi connectivity index (χ4n) is 5.26. The molecule has 7 heteroatoms. The van der Waals surface area contributed by atoms with E-state index in [2.05, 4.69) is 0 Å². The molecular formula is C27H19NO6. The summed E-state index contributed by atoms with van der Waals surface area (Å²) < 4.78 is 16.8.